The van der Waals surface area contributed by atoms with Gasteiger partial charge >= 0.3 is 0 Å². The second-order valence-electron chi connectivity index (χ2n) is 7.59. The van der Waals surface area contributed by atoms with E-state index in [2.05, 4.69) is 48.4 Å². The number of phenols is 2. The van der Waals surface area contributed by atoms with Gasteiger partial charge in [-0.1, -0.05) is 37.8 Å². The van der Waals surface area contributed by atoms with Gasteiger partial charge in [0.05, 0.1) is 4.90 Å². The summed E-state index contributed by atoms with van der Waals surface area (Å²) < 4.78 is 14.0. The number of nitrogens with one attached hydrogen (secondary N) is 2. The molecule has 2 rings (SSSR count). The van der Waals surface area contributed by atoms with E-state index in [1.165, 1.54) is 28.1 Å². The fourth-order valence-electron chi connectivity index (χ4n) is 3.05. The molecule has 0 saturated heterocycles. The van der Waals surface area contributed by atoms with Crippen LogP contribution in [0.2, 0.25) is 0 Å². The van der Waals surface area contributed by atoms with Gasteiger partial charge in [-0.2, -0.15) is 0 Å². The van der Waals surface area contributed by atoms with Gasteiger partial charge in [-0.05, 0) is 42.5 Å². The van der Waals surface area contributed by atoms with E-state index in [-0.39, 0.29) is 35.3 Å². The minimum atomic E-state index is -1.58. The SMILES string of the molecule is C=C(NCCC)c1ccc(CCCNC(=O)CCN(C)S(=O)c2cc(O)cc(O)c2)cc1. The lowest BCUT2D eigenvalue weighted by Crippen LogP contribution is -2.30. The lowest BCUT2D eigenvalue weighted by Gasteiger charge is -2.16. The molecule has 7 nitrogen and oxygen atoms in total. The van der Waals surface area contributed by atoms with E-state index in [1.54, 1.807) is 7.05 Å². The minimum Gasteiger partial charge on any atom is -0.508 e. The molecule has 0 aliphatic rings. The van der Waals surface area contributed by atoms with Gasteiger partial charge in [-0.3, -0.25) is 4.79 Å². The molecule has 0 heterocycles. The maximum absolute atomic E-state index is 12.5. The number of hydrogen-bond donors (Lipinski definition) is 4. The molecule has 1 atom stereocenters. The molecule has 0 spiro atoms. The van der Waals surface area contributed by atoms with Gasteiger partial charge in [0.2, 0.25) is 5.91 Å². The molecule has 1 unspecified atom stereocenters. The number of carbonyl (C=O) groups excluding carboxylic acids is 1. The Kier molecular flexibility index (Phi) is 10.2. The maximum Gasteiger partial charge on any atom is 0.221 e. The van der Waals surface area contributed by atoms with Gasteiger partial charge in [0.1, 0.15) is 22.5 Å². The van der Waals surface area contributed by atoms with Crippen molar-refractivity contribution in [3.8, 4) is 11.5 Å². The number of nitrogens with zero attached hydrogens (tertiary/aromatic N) is 1. The first-order valence-corrected chi connectivity index (χ1v) is 11.9. The van der Waals surface area contributed by atoms with Crippen LogP contribution in [0.5, 0.6) is 11.5 Å². The number of rotatable bonds is 13. The molecule has 0 radical (unpaired) electrons. The Morgan fingerprint density at radius 3 is 2.34 bits per heavy atom. The number of phenolic OH excluding ortho intramolecular Hbond substituents is 2. The number of hydrogen-bond acceptors (Lipinski definition) is 5. The van der Waals surface area contributed by atoms with Gasteiger partial charge in [0.15, 0.2) is 0 Å². The topological polar surface area (TPSA) is 102 Å². The third-order valence-corrected chi connectivity index (χ3v) is 6.26. The zero-order valence-corrected chi connectivity index (χ0v) is 19.6. The number of benzene rings is 2. The van der Waals surface area contributed by atoms with Gasteiger partial charge in [0, 0.05) is 44.9 Å². The number of aromatic hydroxyl groups is 2. The van der Waals surface area contributed by atoms with E-state index in [9.17, 15) is 19.2 Å². The smallest absolute Gasteiger partial charge is 0.221 e. The lowest BCUT2D eigenvalue weighted by molar-refractivity contribution is -0.121. The first-order chi connectivity index (χ1) is 15.3. The Bertz CT molecular complexity index is 911. The second kappa shape index (κ2) is 12.9. The predicted octanol–water partition coefficient (Wildman–Crippen LogP) is 3.16. The monoisotopic (exact) mass is 459 g/mol. The zero-order valence-electron chi connectivity index (χ0n) is 18.8. The highest BCUT2D eigenvalue weighted by Crippen LogP contribution is 2.23. The largest absolute Gasteiger partial charge is 0.508 e. The fourth-order valence-corrected chi connectivity index (χ4v) is 4.11. The van der Waals surface area contributed by atoms with Crippen LogP contribution in [0.1, 0.15) is 37.3 Å². The molecule has 0 aliphatic heterocycles. The molecule has 0 saturated carbocycles. The van der Waals surface area contributed by atoms with Crippen LogP contribution in [-0.2, 0) is 22.2 Å². The summed E-state index contributed by atoms with van der Waals surface area (Å²) in [7, 11) is 0.0432. The molecule has 0 fully saturated rings. The van der Waals surface area contributed by atoms with Crippen LogP contribution in [0.3, 0.4) is 0 Å². The van der Waals surface area contributed by atoms with Crippen molar-refractivity contribution in [3.63, 3.8) is 0 Å². The van der Waals surface area contributed by atoms with E-state index in [0.717, 1.165) is 37.1 Å². The molecule has 174 valence electrons. The van der Waals surface area contributed by atoms with Crippen molar-refractivity contribution in [1.82, 2.24) is 14.9 Å². The van der Waals surface area contributed by atoms with Crippen molar-refractivity contribution in [2.45, 2.75) is 37.5 Å². The van der Waals surface area contributed by atoms with Crippen molar-refractivity contribution in [2.24, 2.45) is 0 Å². The Morgan fingerprint density at radius 1 is 1.06 bits per heavy atom. The molecule has 32 heavy (non-hydrogen) atoms. The van der Waals surface area contributed by atoms with Gasteiger partial charge in [-0.25, -0.2) is 8.51 Å². The Morgan fingerprint density at radius 2 is 1.72 bits per heavy atom. The Labute approximate surface area is 192 Å². The molecular weight excluding hydrogens is 426 g/mol. The van der Waals surface area contributed by atoms with Gasteiger partial charge in [0.25, 0.3) is 0 Å². The standard InChI is InChI=1S/C24H33N3O4S/c1-4-12-25-18(2)20-9-7-19(8-10-20)6-5-13-26-24(30)11-14-27(3)32(31)23-16-21(28)15-22(29)17-23/h7-10,15-17,25,28-29H,2,4-6,11-14H2,1,3H3,(H,26,30). The van der Waals surface area contributed by atoms with Gasteiger partial charge < -0.3 is 20.8 Å². The Balaban J connectivity index is 1.68. The summed E-state index contributed by atoms with van der Waals surface area (Å²) >= 11 is 0. The van der Waals surface area contributed by atoms with Crippen LogP contribution in [0.4, 0.5) is 0 Å². The lowest BCUT2D eigenvalue weighted by atomic mass is 10.1. The van der Waals surface area contributed by atoms with Crippen molar-refractivity contribution >= 4 is 22.6 Å². The third-order valence-electron chi connectivity index (χ3n) is 4.87. The average molecular weight is 460 g/mol. The van der Waals surface area contributed by atoms with Crippen molar-refractivity contribution in [3.05, 3.63) is 60.2 Å². The second-order valence-corrected chi connectivity index (χ2v) is 9.18. The number of aryl methyl sites for hydroxylation is 1. The quantitative estimate of drug-likeness (QED) is 0.345. The van der Waals surface area contributed by atoms with Crippen LogP contribution in [0.15, 0.2) is 53.9 Å². The summed E-state index contributed by atoms with van der Waals surface area (Å²) in [5.74, 6) is -0.430. The van der Waals surface area contributed by atoms with Crippen LogP contribution in [0.25, 0.3) is 5.70 Å². The van der Waals surface area contributed by atoms with E-state index in [1.807, 2.05) is 0 Å². The molecule has 1 amide bonds. The van der Waals surface area contributed by atoms with E-state index < -0.39 is 11.0 Å². The first kappa shape index (κ1) is 25.4. The number of carbonyl (C=O) groups is 1. The van der Waals surface area contributed by atoms with Crippen molar-refractivity contribution in [1.29, 1.82) is 0 Å². The van der Waals surface area contributed by atoms with Crippen LogP contribution in [0, 0.1) is 0 Å². The molecule has 0 aromatic heterocycles. The molecule has 0 aliphatic carbocycles. The van der Waals surface area contributed by atoms with E-state index in [0.29, 0.717) is 6.54 Å². The van der Waals surface area contributed by atoms with Crippen LogP contribution < -0.4 is 10.6 Å². The van der Waals surface area contributed by atoms with Crippen molar-refractivity contribution in [2.75, 3.05) is 26.7 Å². The molecule has 0 bridgehead atoms. The van der Waals surface area contributed by atoms with Crippen LogP contribution >= 0.6 is 0 Å². The van der Waals surface area contributed by atoms with E-state index >= 15 is 0 Å². The van der Waals surface area contributed by atoms with Gasteiger partial charge in [-0.15, -0.1) is 0 Å². The third kappa shape index (κ3) is 8.36. The molecule has 4 N–H and O–H groups in total. The fraction of sp³-hybridized carbons (Fsp3) is 0.375. The Hall–Kier alpha value is -2.84. The van der Waals surface area contributed by atoms with Crippen LogP contribution in [-0.4, -0.2) is 51.3 Å². The zero-order chi connectivity index (χ0) is 23.5. The maximum atomic E-state index is 12.5. The molecule has 8 heteroatoms. The summed E-state index contributed by atoms with van der Waals surface area (Å²) in [4.78, 5) is 12.4. The highest BCUT2D eigenvalue weighted by Gasteiger charge is 2.14. The predicted molar refractivity (Wildman–Crippen MR) is 129 cm³/mol. The number of amides is 1. The summed E-state index contributed by atoms with van der Waals surface area (Å²) in [6, 6.07) is 12.1. The minimum absolute atomic E-state index is 0.110. The molecule has 2 aromatic rings. The summed E-state index contributed by atoms with van der Waals surface area (Å²) in [6.07, 6.45) is 2.94. The molecular formula is C24H33N3O4S. The highest BCUT2D eigenvalue weighted by atomic mass is 32.2. The highest BCUT2D eigenvalue weighted by molar-refractivity contribution is 7.82. The van der Waals surface area contributed by atoms with E-state index in [4.69, 9.17) is 0 Å². The average Bonchev–Trinajstić information content (AvgIpc) is 2.77. The summed E-state index contributed by atoms with van der Waals surface area (Å²) in [5.41, 5.74) is 3.21. The molecule has 2 aromatic carbocycles. The van der Waals surface area contributed by atoms with Crippen molar-refractivity contribution < 1.29 is 19.2 Å². The first-order valence-electron chi connectivity index (χ1n) is 10.7. The summed E-state index contributed by atoms with van der Waals surface area (Å²) in [5, 5.41) is 25.2. The normalized spacial score (nSPS) is 11.8. The summed E-state index contributed by atoms with van der Waals surface area (Å²) in [6.45, 7) is 7.93.